The van der Waals surface area contributed by atoms with Crippen LogP contribution >= 0.6 is 22.9 Å². The molecule has 24 heavy (non-hydrogen) atoms. The fourth-order valence-corrected chi connectivity index (χ4v) is 3.13. The summed E-state index contributed by atoms with van der Waals surface area (Å²) in [5.41, 5.74) is 1.41. The lowest BCUT2D eigenvalue weighted by atomic mass is 9.96. The Bertz CT molecular complexity index is 849. The maximum Gasteiger partial charge on any atom is 0.338 e. The molecule has 0 aliphatic carbocycles. The van der Waals surface area contributed by atoms with E-state index < -0.39 is 17.8 Å². The minimum absolute atomic E-state index is 0.0112. The molecule has 124 valence electrons. The molecule has 2 aromatic rings. The van der Waals surface area contributed by atoms with Crippen molar-refractivity contribution in [1.29, 1.82) is 0 Å². The Kier molecular flexibility index (Phi) is 4.64. The molecule has 1 aromatic carbocycles. The van der Waals surface area contributed by atoms with Gasteiger partial charge in [-0.1, -0.05) is 17.7 Å². The van der Waals surface area contributed by atoms with Gasteiger partial charge >= 0.3 is 5.97 Å². The molecule has 1 aliphatic heterocycles. The number of halogens is 2. The first kappa shape index (κ1) is 16.6. The average molecular weight is 366 g/mol. The van der Waals surface area contributed by atoms with Crippen LogP contribution in [0.2, 0.25) is 5.02 Å². The number of aliphatic imine (C=N–C) groups is 1. The van der Waals surface area contributed by atoms with Gasteiger partial charge in [-0.05, 0) is 24.6 Å². The molecule has 0 spiro atoms. The van der Waals surface area contributed by atoms with Crippen LogP contribution in [0.15, 0.2) is 46.0 Å². The molecule has 1 atom stereocenters. The van der Waals surface area contributed by atoms with Crippen LogP contribution in [-0.4, -0.2) is 23.9 Å². The number of thiazole rings is 1. The number of methoxy groups -OCH3 is 1. The first-order valence-corrected chi connectivity index (χ1v) is 8.25. The molecule has 0 saturated carbocycles. The van der Waals surface area contributed by atoms with E-state index in [0.717, 1.165) is 0 Å². The van der Waals surface area contributed by atoms with Crippen molar-refractivity contribution in [2.45, 2.75) is 13.0 Å². The van der Waals surface area contributed by atoms with E-state index in [0.29, 0.717) is 27.7 Å². The largest absolute Gasteiger partial charge is 0.466 e. The number of ether oxygens (including phenoxy) is 1. The molecular formula is C16H13ClFN3O2S. The Morgan fingerprint density at radius 3 is 2.88 bits per heavy atom. The lowest BCUT2D eigenvalue weighted by Crippen LogP contribution is -2.32. The van der Waals surface area contributed by atoms with Crippen LogP contribution in [0.5, 0.6) is 0 Å². The molecule has 1 aliphatic rings. The third-order valence-electron chi connectivity index (χ3n) is 3.54. The molecule has 3 rings (SSSR count). The van der Waals surface area contributed by atoms with Crippen LogP contribution in [-0.2, 0) is 9.53 Å². The molecule has 0 unspecified atom stereocenters. The van der Waals surface area contributed by atoms with Crippen LogP contribution in [0.1, 0.15) is 23.5 Å². The predicted octanol–water partition coefficient (Wildman–Crippen LogP) is 3.47. The molecule has 1 aromatic heterocycles. The Morgan fingerprint density at radius 1 is 1.46 bits per heavy atom. The van der Waals surface area contributed by atoms with E-state index in [1.165, 1.54) is 30.6 Å². The van der Waals surface area contributed by atoms with E-state index in [2.05, 4.69) is 15.3 Å². The number of allylic oxidation sites excluding steroid dienone is 1. The Balaban J connectivity index is 2.12. The number of carbonyl (C=O) groups excluding carboxylic acids is 1. The Labute approximate surface area is 146 Å². The van der Waals surface area contributed by atoms with Crippen molar-refractivity contribution < 1.29 is 13.9 Å². The van der Waals surface area contributed by atoms with Crippen LogP contribution in [0, 0.1) is 5.82 Å². The molecular weight excluding hydrogens is 353 g/mol. The first-order chi connectivity index (χ1) is 11.5. The third kappa shape index (κ3) is 3.05. The van der Waals surface area contributed by atoms with Gasteiger partial charge in [0.15, 0.2) is 10.8 Å². The second-order valence-electron chi connectivity index (χ2n) is 5.05. The molecule has 0 saturated heterocycles. The minimum atomic E-state index is -0.704. The normalized spacial score (nSPS) is 17.3. The van der Waals surface area contributed by atoms with Crippen molar-refractivity contribution in [3.63, 3.8) is 0 Å². The molecule has 0 amide bonds. The summed E-state index contributed by atoms with van der Waals surface area (Å²) in [6.07, 6.45) is 1.66. The van der Waals surface area contributed by atoms with Crippen molar-refractivity contribution in [3.05, 3.63) is 62.5 Å². The highest BCUT2D eigenvalue weighted by molar-refractivity contribution is 7.11. The minimum Gasteiger partial charge on any atom is -0.466 e. The van der Waals surface area contributed by atoms with Gasteiger partial charge in [0, 0.05) is 17.3 Å². The standard InChI is InChI=1S/C16H13ClFN3O2S/c1-8-12(16(22)23-2)13(9-3-4-10(17)11(18)7-9)21-14(20-8)15-19-5-6-24-15/h3-7,13H,1-2H3,(H,20,21)/t13-/m0/s1. The van der Waals surface area contributed by atoms with Gasteiger partial charge < -0.3 is 10.1 Å². The molecule has 0 fully saturated rings. The summed E-state index contributed by atoms with van der Waals surface area (Å²) < 4.78 is 18.7. The van der Waals surface area contributed by atoms with Gasteiger partial charge in [-0.2, -0.15) is 0 Å². The average Bonchev–Trinajstić information content (AvgIpc) is 3.10. The van der Waals surface area contributed by atoms with Crippen LogP contribution in [0.4, 0.5) is 4.39 Å². The van der Waals surface area contributed by atoms with Crippen molar-refractivity contribution in [2.75, 3.05) is 7.11 Å². The van der Waals surface area contributed by atoms with Crippen molar-refractivity contribution in [1.82, 2.24) is 10.3 Å². The van der Waals surface area contributed by atoms with E-state index in [-0.39, 0.29) is 5.02 Å². The van der Waals surface area contributed by atoms with E-state index in [1.54, 1.807) is 19.2 Å². The summed E-state index contributed by atoms with van der Waals surface area (Å²) in [7, 11) is 1.29. The van der Waals surface area contributed by atoms with Crippen molar-refractivity contribution in [3.8, 4) is 0 Å². The Hall–Kier alpha value is -2.25. The van der Waals surface area contributed by atoms with Gasteiger partial charge in [0.2, 0.25) is 0 Å². The number of aromatic nitrogens is 1. The Morgan fingerprint density at radius 2 is 2.25 bits per heavy atom. The summed E-state index contributed by atoms with van der Waals surface area (Å²) in [4.78, 5) is 21.0. The summed E-state index contributed by atoms with van der Waals surface area (Å²) in [5, 5.41) is 5.58. The number of nitrogens with zero attached hydrogens (tertiary/aromatic N) is 2. The number of carbonyl (C=O) groups is 1. The number of esters is 1. The molecule has 8 heteroatoms. The van der Waals surface area contributed by atoms with E-state index in [9.17, 15) is 9.18 Å². The maximum atomic E-state index is 13.9. The lowest BCUT2D eigenvalue weighted by Gasteiger charge is -2.25. The summed E-state index contributed by atoms with van der Waals surface area (Å²) in [5.74, 6) is -0.571. The number of benzene rings is 1. The molecule has 5 nitrogen and oxygen atoms in total. The number of rotatable bonds is 3. The summed E-state index contributed by atoms with van der Waals surface area (Å²) in [6.45, 7) is 1.74. The highest BCUT2D eigenvalue weighted by Gasteiger charge is 2.31. The van der Waals surface area contributed by atoms with Crippen molar-refractivity contribution >= 4 is 34.7 Å². The molecule has 0 bridgehead atoms. The highest BCUT2D eigenvalue weighted by atomic mass is 35.5. The second kappa shape index (κ2) is 6.70. The molecule has 0 radical (unpaired) electrons. The fraction of sp³-hybridized carbons (Fsp3) is 0.188. The number of hydrogen-bond acceptors (Lipinski definition) is 6. The van der Waals surface area contributed by atoms with E-state index >= 15 is 0 Å². The van der Waals surface area contributed by atoms with Crippen LogP contribution < -0.4 is 5.32 Å². The SMILES string of the molecule is COC(=O)C1=C(C)NC(c2nccs2)=N[C@H]1c1ccc(Cl)c(F)c1. The zero-order valence-electron chi connectivity index (χ0n) is 12.8. The van der Waals surface area contributed by atoms with Crippen LogP contribution in [0.25, 0.3) is 0 Å². The quantitative estimate of drug-likeness (QED) is 0.846. The van der Waals surface area contributed by atoms with Crippen molar-refractivity contribution in [2.24, 2.45) is 4.99 Å². The number of nitrogens with one attached hydrogen (secondary N) is 1. The van der Waals surface area contributed by atoms with Gasteiger partial charge in [-0.25, -0.2) is 14.2 Å². The summed E-state index contributed by atoms with van der Waals surface area (Å²) in [6, 6.07) is 3.65. The van der Waals surface area contributed by atoms with Gasteiger partial charge in [-0.3, -0.25) is 4.99 Å². The first-order valence-electron chi connectivity index (χ1n) is 7.00. The van der Waals surface area contributed by atoms with Gasteiger partial charge in [-0.15, -0.1) is 11.3 Å². The topological polar surface area (TPSA) is 63.6 Å². The van der Waals surface area contributed by atoms with E-state index in [1.807, 2.05) is 5.38 Å². The van der Waals surface area contributed by atoms with Gasteiger partial charge in [0.1, 0.15) is 11.9 Å². The van der Waals surface area contributed by atoms with Crippen LogP contribution in [0.3, 0.4) is 0 Å². The fourth-order valence-electron chi connectivity index (χ4n) is 2.42. The number of hydrogen-bond donors (Lipinski definition) is 1. The predicted molar refractivity (Wildman–Crippen MR) is 90.7 cm³/mol. The highest BCUT2D eigenvalue weighted by Crippen LogP contribution is 2.33. The third-order valence-corrected chi connectivity index (χ3v) is 4.63. The summed E-state index contributed by atoms with van der Waals surface area (Å²) >= 11 is 7.16. The molecule has 2 heterocycles. The zero-order chi connectivity index (χ0) is 17.3. The van der Waals surface area contributed by atoms with Gasteiger partial charge in [0.25, 0.3) is 0 Å². The van der Waals surface area contributed by atoms with Gasteiger partial charge in [0.05, 0.1) is 17.7 Å². The number of amidine groups is 1. The van der Waals surface area contributed by atoms with E-state index in [4.69, 9.17) is 16.3 Å². The second-order valence-corrected chi connectivity index (χ2v) is 6.35. The monoisotopic (exact) mass is 365 g/mol. The lowest BCUT2D eigenvalue weighted by molar-refractivity contribution is -0.136. The maximum absolute atomic E-state index is 13.9. The zero-order valence-corrected chi connectivity index (χ0v) is 14.4. The molecule has 1 N–H and O–H groups in total. The smallest absolute Gasteiger partial charge is 0.338 e.